The number of carbonyl (C=O) groups is 1. The summed E-state index contributed by atoms with van der Waals surface area (Å²) < 4.78 is 1.51. The minimum Gasteiger partial charge on any atom is -0.341 e. The molecule has 2 aromatic carbocycles. The molecule has 1 heterocycles. The number of fused-ring (bicyclic) bond motifs is 1. The van der Waals surface area contributed by atoms with Crippen molar-refractivity contribution in [1.29, 1.82) is 0 Å². The van der Waals surface area contributed by atoms with E-state index in [1.807, 2.05) is 23.1 Å². The van der Waals surface area contributed by atoms with E-state index in [9.17, 15) is 4.79 Å². The highest BCUT2D eigenvalue weighted by Gasteiger charge is 2.19. The second kappa shape index (κ2) is 9.98. The van der Waals surface area contributed by atoms with Gasteiger partial charge in [0.05, 0.1) is 5.75 Å². The van der Waals surface area contributed by atoms with Crippen LogP contribution >= 0.6 is 11.8 Å². The van der Waals surface area contributed by atoms with Gasteiger partial charge in [-0.25, -0.2) is 4.68 Å². The molecule has 3 aromatic rings. The molecule has 3 rings (SSSR count). The lowest BCUT2D eigenvalue weighted by atomic mass is 10.0. The number of nitrogens with two attached hydrogens (primary N) is 1. The first-order valence-corrected chi connectivity index (χ1v) is 11.4. The van der Waals surface area contributed by atoms with Gasteiger partial charge in [-0.3, -0.25) is 4.79 Å². The van der Waals surface area contributed by atoms with Crippen LogP contribution in [0.2, 0.25) is 0 Å². The highest BCUT2D eigenvalue weighted by atomic mass is 32.2. The first kappa shape index (κ1) is 22.2. The van der Waals surface area contributed by atoms with Gasteiger partial charge < -0.3 is 10.7 Å². The summed E-state index contributed by atoms with van der Waals surface area (Å²) in [5.41, 5.74) is 1.15. The zero-order chi connectivity index (χ0) is 21.7. The first-order chi connectivity index (χ1) is 14.3. The Morgan fingerprint density at radius 3 is 2.40 bits per heavy atom. The smallest absolute Gasteiger partial charge is 0.233 e. The summed E-state index contributed by atoms with van der Waals surface area (Å²) in [5, 5.41) is 11.4. The molecule has 0 aliphatic carbocycles. The molecule has 0 unspecified atom stereocenters. The molecule has 30 heavy (non-hydrogen) atoms. The summed E-state index contributed by atoms with van der Waals surface area (Å²) in [7, 11) is 0. The SMILES string of the molecule is CC(C)CN(CC(C)C)C(=O)CSc1nnc(Cc2cccc3ccccc23)n1N. The Morgan fingerprint density at radius 1 is 1.03 bits per heavy atom. The van der Waals surface area contributed by atoms with Gasteiger partial charge in [-0.1, -0.05) is 81.9 Å². The van der Waals surface area contributed by atoms with Crippen molar-refractivity contribution in [3.63, 3.8) is 0 Å². The molecule has 0 fully saturated rings. The standard InChI is InChI=1S/C23H31N5OS/c1-16(2)13-27(14-17(3)4)22(29)15-30-23-26-25-21(28(23)24)12-19-10-7-9-18-8-5-6-11-20(18)19/h5-11,16-17H,12-15,24H2,1-4H3. The van der Waals surface area contributed by atoms with Crippen LogP contribution in [0.5, 0.6) is 0 Å². The lowest BCUT2D eigenvalue weighted by Crippen LogP contribution is -2.38. The number of amides is 1. The van der Waals surface area contributed by atoms with Gasteiger partial charge >= 0.3 is 0 Å². The summed E-state index contributed by atoms with van der Waals surface area (Å²) in [6, 6.07) is 14.5. The highest BCUT2D eigenvalue weighted by molar-refractivity contribution is 7.99. The fraction of sp³-hybridized carbons (Fsp3) is 0.435. The van der Waals surface area contributed by atoms with Crippen molar-refractivity contribution < 1.29 is 4.79 Å². The van der Waals surface area contributed by atoms with Gasteiger partial charge in [0.25, 0.3) is 0 Å². The topological polar surface area (TPSA) is 77.0 Å². The summed E-state index contributed by atoms with van der Waals surface area (Å²) in [5.74, 6) is 8.24. The molecule has 0 spiro atoms. The summed E-state index contributed by atoms with van der Waals surface area (Å²) in [6.07, 6.45) is 0.589. The monoisotopic (exact) mass is 425 g/mol. The average Bonchev–Trinajstić information content (AvgIpc) is 3.05. The molecule has 0 saturated carbocycles. The van der Waals surface area contributed by atoms with E-state index in [0.717, 1.165) is 18.7 Å². The van der Waals surface area contributed by atoms with Gasteiger partial charge in [-0.2, -0.15) is 0 Å². The van der Waals surface area contributed by atoms with Crippen LogP contribution in [0.15, 0.2) is 47.6 Å². The Hall–Kier alpha value is -2.54. The maximum absolute atomic E-state index is 12.7. The predicted molar refractivity (Wildman–Crippen MR) is 124 cm³/mol. The van der Waals surface area contributed by atoms with E-state index >= 15 is 0 Å². The number of benzene rings is 2. The lowest BCUT2D eigenvalue weighted by molar-refractivity contribution is -0.129. The van der Waals surface area contributed by atoms with Gasteiger partial charge in [-0.15, -0.1) is 10.2 Å². The van der Waals surface area contributed by atoms with Crippen molar-refractivity contribution in [2.75, 3.05) is 24.7 Å². The first-order valence-electron chi connectivity index (χ1n) is 10.4. The number of aromatic nitrogens is 3. The fourth-order valence-corrected chi connectivity index (χ4v) is 4.30. The molecule has 0 aliphatic heterocycles. The molecule has 2 N–H and O–H groups in total. The van der Waals surface area contributed by atoms with E-state index in [0.29, 0.717) is 35.0 Å². The molecule has 160 valence electrons. The van der Waals surface area contributed by atoms with Gasteiger partial charge in [0.15, 0.2) is 5.82 Å². The molecule has 0 saturated heterocycles. The number of thioether (sulfide) groups is 1. The fourth-order valence-electron chi connectivity index (χ4n) is 3.52. The molecule has 0 aliphatic rings. The second-order valence-corrected chi connectivity index (χ2v) is 9.40. The molecular weight excluding hydrogens is 394 g/mol. The van der Waals surface area contributed by atoms with Crippen molar-refractivity contribution in [3.05, 3.63) is 53.9 Å². The number of nitrogen functional groups attached to an aromatic ring is 1. The lowest BCUT2D eigenvalue weighted by Gasteiger charge is -2.26. The van der Waals surface area contributed by atoms with E-state index in [2.05, 4.69) is 62.2 Å². The maximum atomic E-state index is 12.7. The van der Waals surface area contributed by atoms with Crippen molar-refractivity contribution in [1.82, 2.24) is 19.8 Å². The normalized spacial score (nSPS) is 11.5. The van der Waals surface area contributed by atoms with E-state index in [1.54, 1.807) is 0 Å². The molecule has 0 radical (unpaired) electrons. The minimum absolute atomic E-state index is 0.112. The zero-order valence-corrected chi connectivity index (χ0v) is 19.0. The van der Waals surface area contributed by atoms with Crippen LogP contribution < -0.4 is 5.84 Å². The molecule has 0 atom stereocenters. The van der Waals surface area contributed by atoms with Crippen molar-refractivity contribution >= 4 is 28.4 Å². The highest BCUT2D eigenvalue weighted by Crippen LogP contribution is 2.22. The van der Waals surface area contributed by atoms with Gasteiger partial charge in [0.1, 0.15) is 0 Å². The number of nitrogens with zero attached hydrogens (tertiary/aromatic N) is 4. The largest absolute Gasteiger partial charge is 0.341 e. The van der Waals surface area contributed by atoms with Crippen molar-refractivity contribution in [2.24, 2.45) is 11.8 Å². The molecular formula is C23H31N5OS. The summed E-state index contributed by atoms with van der Waals surface area (Å²) in [4.78, 5) is 14.7. The Bertz CT molecular complexity index is 983. The Labute approximate surface area is 182 Å². The van der Waals surface area contributed by atoms with Crippen LogP contribution in [-0.2, 0) is 11.2 Å². The van der Waals surface area contributed by atoms with Crippen LogP contribution in [0.4, 0.5) is 0 Å². The third kappa shape index (κ3) is 5.53. The summed E-state index contributed by atoms with van der Waals surface area (Å²) >= 11 is 1.35. The van der Waals surface area contributed by atoms with Crippen LogP contribution in [0.1, 0.15) is 39.1 Å². The Kier molecular flexibility index (Phi) is 7.37. The number of carbonyl (C=O) groups excluding carboxylic acids is 1. The van der Waals surface area contributed by atoms with Crippen LogP contribution in [0.3, 0.4) is 0 Å². The van der Waals surface area contributed by atoms with E-state index in [1.165, 1.54) is 27.2 Å². The number of hydrogen-bond acceptors (Lipinski definition) is 5. The number of rotatable bonds is 9. The van der Waals surface area contributed by atoms with Crippen LogP contribution in [0, 0.1) is 11.8 Å². The van der Waals surface area contributed by atoms with Crippen molar-refractivity contribution in [3.8, 4) is 0 Å². The van der Waals surface area contributed by atoms with E-state index in [-0.39, 0.29) is 5.91 Å². The van der Waals surface area contributed by atoms with Gasteiger partial charge in [-0.05, 0) is 28.2 Å². The molecule has 1 amide bonds. The Balaban J connectivity index is 1.68. The quantitative estimate of drug-likeness (QED) is 0.415. The number of hydrogen-bond donors (Lipinski definition) is 1. The van der Waals surface area contributed by atoms with E-state index < -0.39 is 0 Å². The second-order valence-electron chi connectivity index (χ2n) is 8.46. The van der Waals surface area contributed by atoms with Crippen LogP contribution in [-0.4, -0.2) is 44.5 Å². The van der Waals surface area contributed by atoms with Gasteiger partial charge in [0.2, 0.25) is 11.1 Å². The predicted octanol–water partition coefficient (Wildman–Crippen LogP) is 3.97. The van der Waals surface area contributed by atoms with E-state index in [4.69, 9.17) is 5.84 Å². The van der Waals surface area contributed by atoms with Crippen molar-refractivity contribution in [2.45, 2.75) is 39.3 Å². The zero-order valence-electron chi connectivity index (χ0n) is 18.2. The molecule has 6 nitrogen and oxygen atoms in total. The Morgan fingerprint density at radius 2 is 1.70 bits per heavy atom. The molecule has 7 heteroatoms. The third-order valence-electron chi connectivity index (χ3n) is 4.81. The van der Waals surface area contributed by atoms with Crippen LogP contribution in [0.25, 0.3) is 10.8 Å². The molecule has 0 bridgehead atoms. The maximum Gasteiger partial charge on any atom is 0.233 e. The third-order valence-corrected chi connectivity index (χ3v) is 5.74. The minimum atomic E-state index is 0.112. The summed E-state index contributed by atoms with van der Waals surface area (Å²) in [6.45, 7) is 10.0. The van der Waals surface area contributed by atoms with Gasteiger partial charge in [0, 0.05) is 19.5 Å². The molecule has 1 aromatic heterocycles. The average molecular weight is 426 g/mol.